The molecule has 0 atom stereocenters. The minimum atomic E-state index is -0.458. The molecule has 0 bridgehead atoms. The molecule has 3 aliphatic rings. The van der Waals surface area contributed by atoms with Gasteiger partial charge >= 0.3 is 0 Å². The van der Waals surface area contributed by atoms with E-state index in [1.165, 1.54) is 6.42 Å². The predicted molar refractivity (Wildman–Crippen MR) is 95.3 cm³/mol. The molecular formula is C18H23N5O. The molecule has 0 unspecified atom stereocenters. The Hall–Kier alpha value is -2.37. The van der Waals surface area contributed by atoms with Crippen LogP contribution in [0.4, 0.5) is 5.69 Å². The van der Waals surface area contributed by atoms with E-state index in [2.05, 4.69) is 9.98 Å². The number of hydrogen-bond acceptors (Lipinski definition) is 6. The van der Waals surface area contributed by atoms with E-state index in [4.69, 9.17) is 11.5 Å². The number of nitrogens with two attached hydrogens (primary N) is 2. The summed E-state index contributed by atoms with van der Waals surface area (Å²) >= 11 is 0. The Bertz CT molecular complexity index is 746. The van der Waals surface area contributed by atoms with Crippen molar-refractivity contribution >= 4 is 23.4 Å². The largest absolute Gasteiger partial charge is 0.369 e. The number of aryl methyl sites for hydroxylation is 1. The van der Waals surface area contributed by atoms with Crippen LogP contribution in [0.25, 0.3) is 0 Å². The first kappa shape index (κ1) is 15.2. The smallest absolute Gasteiger partial charge is 0.220 e. The number of nitrogens with zero attached hydrogens (tertiary/aromatic N) is 3. The van der Waals surface area contributed by atoms with E-state index in [1.54, 1.807) is 0 Å². The molecule has 0 radical (unpaired) electrons. The summed E-state index contributed by atoms with van der Waals surface area (Å²) in [5, 5.41) is 0. The standard InChI is InChI=1S/C18H23N5O/c19-16-21-17(20)23(18(22-16)9-2-1-3-10-18)13-8-7-12-5-4-6-15(24)14(12)11-13/h7-8,11H,1-6,9-10H2,(H4,19,20,21,22). The third-order valence-electron chi connectivity index (χ3n) is 5.35. The summed E-state index contributed by atoms with van der Waals surface area (Å²) in [6.45, 7) is 0. The van der Waals surface area contributed by atoms with Crippen LogP contribution in [-0.2, 0) is 6.42 Å². The summed E-state index contributed by atoms with van der Waals surface area (Å²) < 4.78 is 0. The van der Waals surface area contributed by atoms with Gasteiger partial charge in [-0.2, -0.15) is 4.99 Å². The number of Topliss-reactive ketones (excluding diaryl/α,β-unsaturated/α-hetero) is 1. The number of carbonyl (C=O) groups excluding carboxylic acids is 1. The Morgan fingerprint density at radius 1 is 1.04 bits per heavy atom. The average molecular weight is 325 g/mol. The van der Waals surface area contributed by atoms with Crippen LogP contribution in [0.3, 0.4) is 0 Å². The summed E-state index contributed by atoms with van der Waals surface area (Å²) in [7, 11) is 0. The lowest BCUT2D eigenvalue weighted by Crippen LogP contribution is -2.58. The Balaban J connectivity index is 1.80. The van der Waals surface area contributed by atoms with Crippen LogP contribution in [0.2, 0.25) is 0 Å². The molecule has 1 saturated carbocycles. The lowest BCUT2D eigenvalue weighted by atomic mass is 9.86. The number of carbonyl (C=O) groups is 1. The van der Waals surface area contributed by atoms with Gasteiger partial charge in [-0.25, -0.2) is 4.99 Å². The maximum atomic E-state index is 12.3. The zero-order chi connectivity index (χ0) is 16.7. The monoisotopic (exact) mass is 325 g/mol. The Morgan fingerprint density at radius 2 is 1.83 bits per heavy atom. The molecule has 2 aliphatic carbocycles. The molecule has 0 saturated heterocycles. The maximum absolute atomic E-state index is 12.3. The third-order valence-corrected chi connectivity index (χ3v) is 5.35. The highest BCUT2D eigenvalue weighted by atomic mass is 16.1. The summed E-state index contributed by atoms with van der Waals surface area (Å²) in [4.78, 5) is 23.1. The van der Waals surface area contributed by atoms with Gasteiger partial charge in [0.05, 0.1) is 0 Å². The van der Waals surface area contributed by atoms with Crippen molar-refractivity contribution in [3.05, 3.63) is 29.3 Å². The van der Waals surface area contributed by atoms with E-state index >= 15 is 0 Å². The van der Waals surface area contributed by atoms with Crippen molar-refractivity contribution < 1.29 is 4.79 Å². The maximum Gasteiger partial charge on any atom is 0.220 e. The first-order valence-corrected chi connectivity index (χ1v) is 8.75. The first-order valence-electron chi connectivity index (χ1n) is 8.75. The van der Waals surface area contributed by atoms with E-state index in [0.29, 0.717) is 12.4 Å². The van der Waals surface area contributed by atoms with Gasteiger partial charge in [-0.3, -0.25) is 9.69 Å². The number of guanidine groups is 2. The molecule has 24 heavy (non-hydrogen) atoms. The number of ketones is 1. The molecular weight excluding hydrogens is 302 g/mol. The second kappa shape index (κ2) is 5.61. The van der Waals surface area contributed by atoms with Gasteiger partial charge in [-0.15, -0.1) is 0 Å². The van der Waals surface area contributed by atoms with Crippen LogP contribution in [-0.4, -0.2) is 23.4 Å². The quantitative estimate of drug-likeness (QED) is 0.828. The van der Waals surface area contributed by atoms with Gasteiger partial charge < -0.3 is 11.5 Å². The van der Waals surface area contributed by atoms with Crippen LogP contribution < -0.4 is 16.4 Å². The normalized spacial score (nSPS) is 22.8. The van der Waals surface area contributed by atoms with E-state index in [0.717, 1.165) is 55.3 Å². The molecule has 126 valence electrons. The van der Waals surface area contributed by atoms with Gasteiger partial charge in [0.25, 0.3) is 0 Å². The van der Waals surface area contributed by atoms with Crippen molar-refractivity contribution in [2.45, 2.75) is 57.0 Å². The minimum absolute atomic E-state index is 0.214. The molecule has 6 nitrogen and oxygen atoms in total. The number of benzene rings is 1. The lowest BCUT2D eigenvalue weighted by Gasteiger charge is -2.45. The molecule has 1 aromatic carbocycles. The van der Waals surface area contributed by atoms with Gasteiger partial charge in [-0.1, -0.05) is 12.5 Å². The zero-order valence-corrected chi connectivity index (χ0v) is 13.8. The molecule has 1 fully saturated rings. The second-order valence-electron chi connectivity index (χ2n) is 6.94. The highest BCUT2D eigenvalue weighted by molar-refractivity contribution is 6.07. The van der Waals surface area contributed by atoms with Crippen LogP contribution in [0.1, 0.15) is 60.9 Å². The van der Waals surface area contributed by atoms with Gasteiger partial charge in [0.2, 0.25) is 11.9 Å². The fraction of sp³-hybridized carbons (Fsp3) is 0.500. The summed E-state index contributed by atoms with van der Waals surface area (Å²) in [6.07, 6.45) is 7.68. The Kier molecular flexibility index (Phi) is 3.55. The number of hydrogen-bond donors (Lipinski definition) is 2. The van der Waals surface area contributed by atoms with E-state index < -0.39 is 5.66 Å². The molecule has 1 aliphatic heterocycles. The number of aliphatic imine (C=N–C) groups is 2. The first-order chi connectivity index (χ1) is 11.6. The predicted octanol–water partition coefficient (Wildman–Crippen LogP) is 2.32. The molecule has 4 N–H and O–H groups in total. The second-order valence-corrected chi connectivity index (χ2v) is 6.94. The summed E-state index contributed by atoms with van der Waals surface area (Å²) in [5.41, 5.74) is 14.5. The molecule has 1 aromatic rings. The fourth-order valence-corrected chi connectivity index (χ4v) is 4.25. The van der Waals surface area contributed by atoms with Crippen molar-refractivity contribution in [2.75, 3.05) is 4.90 Å². The summed E-state index contributed by atoms with van der Waals surface area (Å²) in [5.74, 6) is 0.832. The van der Waals surface area contributed by atoms with Crippen LogP contribution in [0, 0.1) is 0 Å². The molecule has 1 heterocycles. The van der Waals surface area contributed by atoms with Gasteiger partial charge in [0.15, 0.2) is 5.78 Å². The Labute approximate surface area is 141 Å². The van der Waals surface area contributed by atoms with Gasteiger partial charge in [0.1, 0.15) is 5.66 Å². The van der Waals surface area contributed by atoms with Crippen molar-refractivity contribution in [3.8, 4) is 0 Å². The number of fused-ring (bicyclic) bond motifs is 1. The fourth-order valence-electron chi connectivity index (χ4n) is 4.25. The molecule has 0 aromatic heterocycles. The van der Waals surface area contributed by atoms with Gasteiger partial charge in [0, 0.05) is 17.7 Å². The Morgan fingerprint density at radius 3 is 2.62 bits per heavy atom. The van der Waals surface area contributed by atoms with E-state index in [-0.39, 0.29) is 11.7 Å². The lowest BCUT2D eigenvalue weighted by molar-refractivity contribution is 0.0972. The third kappa shape index (κ3) is 2.37. The summed E-state index contributed by atoms with van der Waals surface area (Å²) in [6, 6.07) is 6.05. The van der Waals surface area contributed by atoms with E-state index in [1.807, 2.05) is 23.1 Å². The number of anilines is 1. The molecule has 1 spiro atoms. The highest BCUT2D eigenvalue weighted by Crippen LogP contribution is 2.40. The zero-order valence-electron chi connectivity index (χ0n) is 13.8. The van der Waals surface area contributed by atoms with Crippen LogP contribution >= 0.6 is 0 Å². The van der Waals surface area contributed by atoms with Gasteiger partial charge in [-0.05, 0) is 56.2 Å². The number of rotatable bonds is 1. The topological polar surface area (TPSA) is 97.1 Å². The minimum Gasteiger partial charge on any atom is -0.369 e. The average Bonchev–Trinajstić information content (AvgIpc) is 2.55. The van der Waals surface area contributed by atoms with Crippen molar-refractivity contribution in [1.82, 2.24) is 0 Å². The van der Waals surface area contributed by atoms with Crippen LogP contribution in [0.5, 0.6) is 0 Å². The van der Waals surface area contributed by atoms with Crippen molar-refractivity contribution in [2.24, 2.45) is 21.5 Å². The molecule has 4 rings (SSSR count). The molecule has 6 heteroatoms. The van der Waals surface area contributed by atoms with Crippen molar-refractivity contribution in [3.63, 3.8) is 0 Å². The van der Waals surface area contributed by atoms with Crippen molar-refractivity contribution in [1.29, 1.82) is 0 Å². The van der Waals surface area contributed by atoms with E-state index in [9.17, 15) is 4.79 Å². The highest BCUT2D eigenvalue weighted by Gasteiger charge is 2.42. The van der Waals surface area contributed by atoms with Crippen LogP contribution in [0.15, 0.2) is 28.2 Å². The SMILES string of the molecule is NC1=NC2(CCCCC2)N(c2ccc3c(c2)C(=O)CCC3)C(N)=N1. The molecule has 0 amide bonds.